The number of ether oxygens (including phenoxy) is 2. The molecule has 16 heavy (non-hydrogen) atoms. The fourth-order valence-corrected chi connectivity index (χ4v) is 2.21. The van der Waals surface area contributed by atoms with Crippen LogP contribution in [-0.4, -0.2) is 31.9 Å². The second-order valence-corrected chi connectivity index (χ2v) is 4.53. The first kappa shape index (κ1) is 13.5. The maximum absolute atomic E-state index is 5.70. The highest BCUT2D eigenvalue weighted by atomic mass is 16.5. The molecule has 0 aromatic carbocycles. The van der Waals surface area contributed by atoms with E-state index in [2.05, 4.69) is 26.1 Å². The van der Waals surface area contributed by atoms with E-state index in [1.165, 1.54) is 5.57 Å². The van der Waals surface area contributed by atoms with Crippen LogP contribution in [0.3, 0.4) is 0 Å². The molecular formula is C13H25NO2. The zero-order valence-electron chi connectivity index (χ0n) is 11.0. The van der Waals surface area contributed by atoms with Crippen molar-refractivity contribution >= 4 is 0 Å². The lowest BCUT2D eigenvalue weighted by Crippen LogP contribution is -2.51. The van der Waals surface area contributed by atoms with Crippen LogP contribution in [0.1, 0.15) is 40.0 Å². The van der Waals surface area contributed by atoms with Crippen molar-refractivity contribution in [3.63, 3.8) is 0 Å². The van der Waals surface area contributed by atoms with E-state index in [0.29, 0.717) is 0 Å². The van der Waals surface area contributed by atoms with Gasteiger partial charge in [-0.25, -0.2) is 0 Å². The molecule has 0 aromatic rings. The predicted molar refractivity (Wildman–Crippen MR) is 66.4 cm³/mol. The highest BCUT2D eigenvalue weighted by Crippen LogP contribution is 2.28. The van der Waals surface area contributed by atoms with E-state index >= 15 is 0 Å². The molecule has 3 heteroatoms. The SMILES string of the molecule is CCNC(C1=COCCC1)C(C)(CC)OC. The third-order valence-electron chi connectivity index (χ3n) is 3.52. The van der Waals surface area contributed by atoms with E-state index in [9.17, 15) is 0 Å². The molecule has 0 saturated carbocycles. The van der Waals surface area contributed by atoms with Gasteiger partial charge in [0.1, 0.15) is 0 Å². The van der Waals surface area contributed by atoms with Gasteiger partial charge in [0.05, 0.1) is 24.5 Å². The minimum atomic E-state index is -0.150. The van der Waals surface area contributed by atoms with Crippen LogP contribution in [-0.2, 0) is 9.47 Å². The number of nitrogens with one attached hydrogen (secondary N) is 1. The van der Waals surface area contributed by atoms with Crippen molar-refractivity contribution in [2.75, 3.05) is 20.3 Å². The highest BCUT2D eigenvalue weighted by molar-refractivity contribution is 5.16. The summed E-state index contributed by atoms with van der Waals surface area (Å²) < 4.78 is 11.1. The Morgan fingerprint density at radius 3 is 2.75 bits per heavy atom. The van der Waals surface area contributed by atoms with Gasteiger partial charge in [0, 0.05) is 7.11 Å². The summed E-state index contributed by atoms with van der Waals surface area (Å²) in [7, 11) is 1.79. The van der Waals surface area contributed by atoms with Crippen LogP contribution < -0.4 is 5.32 Å². The van der Waals surface area contributed by atoms with Crippen molar-refractivity contribution in [2.24, 2.45) is 0 Å². The fraction of sp³-hybridized carbons (Fsp3) is 0.846. The van der Waals surface area contributed by atoms with E-state index in [4.69, 9.17) is 9.47 Å². The summed E-state index contributed by atoms with van der Waals surface area (Å²) in [5, 5.41) is 3.52. The van der Waals surface area contributed by atoms with Crippen molar-refractivity contribution in [1.29, 1.82) is 0 Å². The average molecular weight is 227 g/mol. The summed E-state index contributed by atoms with van der Waals surface area (Å²) in [6, 6.07) is 0.257. The summed E-state index contributed by atoms with van der Waals surface area (Å²) in [5.41, 5.74) is 1.18. The molecule has 0 bridgehead atoms. The van der Waals surface area contributed by atoms with Gasteiger partial charge in [0.15, 0.2) is 0 Å². The van der Waals surface area contributed by atoms with Crippen molar-refractivity contribution < 1.29 is 9.47 Å². The van der Waals surface area contributed by atoms with Gasteiger partial charge >= 0.3 is 0 Å². The smallest absolute Gasteiger partial charge is 0.0876 e. The normalized spacial score (nSPS) is 21.9. The summed E-state index contributed by atoms with van der Waals surface area (Å²) >= 11 is 0. The maximum atomic E-state index is 5.70. The Morgan fingerprint density at radius 1 is 1.56 bits per heavy atom. The van der Waals surface area contributed by atoms with Crippen molar-refractivity contribution in [3.8, 4) is 0 Å². The van der Waals surface area contributed by atoms with Crippen LogP contribution in [0, 0.1) is 0 Å². The van der Waals surface area contributed by atoms with Crippen molar-refractivity contribution in [1.82, 2.24) is 5.32 Å². The molecule has 2 atom stereocenters. The van der Waals surface area contributed by atoms with E-state index in [1.54, 1.807) is 7.11 Å². The molecule has 1 N–H and O–H groups in total. The maximum Gasteiger partial charge on any atom is 0.0876 e. The molecule has 1 heterocycles. The molecule has 0 saturated heterocycles. The largest absolute Gasteiger partial charge is 0.501 e. The minimum absolute atomic E-state index is 0.150. The van der Waals surface area contributed by atoms with Crippen LogP contribution >= 0.6 is 0 Å². The Morgan fingerprint density at radius 2 is 2.31 bits per heavy atom. The lowest BCUT2D eigenvalue weighted by molar-refractivity contribution is -0.0213. The average Bonchev–Trinajstić information content (AvgIpc) is 2.36. The lowest BCUT2D eigenvalue weighted by atomic mass is 9.85. The first-order valence-electron chi connectivity index (χ1n) is 6.27. The first-order chi connectivity index (χ1) is 7.68. The van der Waals surface area contributed by atoms with Gasteiger partial charge < -0.3 is 14.8 Å². The summed E-state index contributed by atoms with van der Waals surface area (Å²) in [5.74, 6) is 0. The number of hydrogen-bond donors (Lipinski definition) is 1. The molecule has 1 aliphatic heterocycles. The number of likely N-dealkylation sites (N-methyl/N-ethyl adjacent to an activating group) is 1. The van der Waals surface area contributed by atoms with Gasteiger partial charge in [-0.15, -0.1) is 0 Å². The third-order valence-corrected chi connectivity index (χ3v) is 3.52. The van der Waals surface area contributed by atoms with E-state index < -0.39 is 0 Å². The number of rotatable bonds is 6. The van der Waals surface area contributed by atoms with Crippen LogP contribution in [0.15, 0.2) is 11.8 Å². The Hall–Kier alpha value is -0.540. The summed E-state index contributed by atoms with van der Waals surface area (Å²) in [4.78, 5) is 0. The number of methoxy groups -OCH3 is 1. The molecule has 1 rings (SSSR count). The zero-order chi connectivity index (χ0) is 12.0. The van der Waals surface area contributed by atoms with Crippen molar-refractivity contribution in [3.05, 3.63) is 11.8 Å². The second-order valence-electron chi connectivity index (χ2n) is 4.53. The Balaban J connectivity index is 2.83. The van der Waals surface area contributed by atoms with E-state index in [1.807, 2.05) is 6.26 Å². The van der Waals surface area contributed by atoms with Gasteiger partial charge in [-0.05, 0) is 38.3 Å². The molecular weight excluding hydrogens is 202 g/mol. The monoisotopic (exact) mass is 227 g/mol. The molecule has 0 spiro atoms. The van der Waals surface area contributed by atoms with Gasteiger partial charge in [-0.3, -0.25) is 0 Å². The summed E-state index contributed by atoms with van der Waals surface area (Å²) in [6.07, 6.45) is 5.12. The molecule has 0 radical (unpaired) electrons. The number of hydrogen-bond acceptors (Lipinski definition) is 3. The molecule has 1 aliphatic rings. The molecule has 94 valence electrons. The molecule has 0 amide bonds. The van der Waals surface area contributed by atoms with Gasteiger partial charge in [0.25, 0.3) is 0 Å². The van der Waals surface area contributed by atoms with Gasteiger partial charge in [-0.1, -0.05) is 13.8 Å². The molecule has 0 aliphatic carbocycles. The Labute approximate surface area is 99.2 Å². The third kappa shape index (κ3) is 2.98. The quantitative estimate of drug-likeness (QED) is 0.756. The Kier molecular flexibility index (Phi) is 5.29. The summed E-state index contributed by atoms with van der Waals surface area (Å²) in [6.45, 7) is 8.25. The minimum Gasteiger partial charge on any atom is -0.501 e. The van der Waals surface area contributed by atoms with Gasteiger partial charge in [-0.2, -0.15) is 0 Å². The second kappa shape index (κ2) is 6.26. The lowest BCUT2D eigenvalue weighted by Gasteiger charge is -2.38. The molecule has 3 nitrogen and oxygen atoms in total. The highest BCUT2D eigenvalue weighted by Gasteiger charge is 2.35. The first-order valence-corrected chi connectivity index (χ1v) is 6.27. The zero-order valence-corrected chi connectivity index (χ0v) is 11.0. The van der Waals surface area contributed by atoms with Crippen LogP contribution in [0.25, 0.3) is 0 Å². The van der Waals surface area contributed by atoms with Crippen LogP contribution in [0.4, 0.5) is 0 Å². The van der Waals surface area contributed by atoms with E-state index in [-0.39, 0.29) is 11.6 Å². The molecule has 0 aromatic heterocycles. The Bertz CT molecular complexity index is 234. The van der Waals surface area contributed by atoms with Gasteiger partial charge in [0.2, 0.25) is 0 Å². The fourth-order valence-electron chi connectivity index (χ4n) is 2.21. The standard InChI is InChI=1S/C13H25NO2/c1-5-13(3,15-4)12(14-6-2)11-8-7-9-16-10-11/h10,12,14H,5-9H2,1-4H3. The van der Waals surface area contributed by atoms with Crippen LogP contribution in [0.5, 0.6) is 0 Å². The van der Waals surface area contributed by atoms with Crippen LogP contribution in [0.2, 0.25) is 0 Å². The predicted octanol–water partition coefficient (Wildman–Crippen LogP) is 2.47. The molecule has 0 fully saturated rings. The van der Waals surface area contributed by atoms with E-state index in [0.717, 1.165) is 32.4 Å². The molecule has 2 unspecified atom stereocenters. The van der Waals surface area contributed by atoms with Crippen molar-refractivity contribution in [2.45, 2.75) is 51.7 Å². The topological polar surface area (TPSA) is 30.5 Å².